The van der Waals surface area contributed by atoms with E-state index in [1.54, 1.807) is 25.5 Å². The van der Waals surface area contributed by atoms with E-state index in [1.807, 2.05) is 18.3 Å². The Balaban J connectivity index is 0.00000392. The van der Waals surface area contributed by atoms with E-state index in [1.165, 1.54) is 10.4 Å². The number of hydrogen-bond donors (Lipinski definition) is 2. The molecule has 0 bridgehead atoms. The van der Waals surface area contributed by atoms with Gasteiger partial charge in [0.25, 0.3) is 0 Å². The first-order valence-electron chi connectivity index (χ1n) is 9.35. The van der Waals surface area contributed by atoms with Gasteiger partial charge < -0.3 is 15.4 Å². The maximum absolute atomic E-state index is 5.41. The molecular weight excluding hydrogens is 485 g/mol. The van der Waals surface area contributed by atoms with Gasteiger partial charge in [0.2, 0.25) is 0 Å². The Labute approximate surface area is 189 Å². The van der Waals surface area contributed by atoms with Gasteiger partial charge in [-0.15, -0.1) is 35.3 Å². The molecule has 1 aromatic carbocycles. The predicted molar refractivity (Wildman–Crippen MR) is 129 cm³/mol. The molecule has 156 valence electrons. The Morgan fingerprint density at radius 1 is 1.29 bits per heavy atom. The summed E-state index contributed by atoms with van der Waals surface area (Å²) in [6.45, 7) is 9.83. The van der Waals surface area contributed by atoms with Crippen LogP contribution < -0.4 is 15.4 Å². The van der Waals surface area contributed by atoms with E-state index in [4.69, 9.17) is 4.74 Å². The van der Waals surface area contributed by atoms with Crippen molar-refractivity contribution in [1.29, 1.82) is 0 Å². The molecule has 0 aliphatic carbocycles. The van der Waals surface area contributed by atoms with Crippen LogP contribution in [0.1, 0.15) is 35.3 Å². The average molecular weight is 517 g/mol. The lowest BCUT2D eigenvalue weighted by Gasteiger charge is -2.31. The van der Waals surface area contributed by atoms with Crippen LogP contribution in [0.4, 0.5) is 0 Å². The highest BCUT2D eigenvalue weighted by Gasteiger charge is 2.19. The van der Waals surface area contributed by atoms with Crippen LogP contribution in [0.25, 0.3) is 0 Å². The fraction of sp³-hybridized carbons (Fsp3) is 0.500. The third-order valence-electron chi connectivity index (χ3n) is 4.49. The van der Waals surface area contributed by atoms with Crippen molar-refractivity contribution in [2.75, 3.05) is 33.8 Å². The van der Waals surface area contributed by atoms with Crippen LogP contribution in [0.2, 0.25) is 0 Å². The summed E-state index contributed by atoms with van der Waals surface area (Å²) in [5.74, 6) is 1.66. The molecular formula is C20H32IN5OS. The monoisotopic (exact) mass is 517 g/mol. The first-order valence-corrected chi connectivity index (χ1v) is 10.2. The van der Waals surface area contributed by atoms with Crippen molar-refractivity contribution in [1.82, 2.24) is 20.5 Å². The highest BCUT2D eigenvalue weighted by Crippen LogP contribution is 2.23. The Hall–Kier alpha value is -1.39. The zero-order valence-corrected chi connectivity index (χ0v) is 20.5. The number of aryl methyl sites for hydroxylation is 1. The minimum absolute atomic E-state index is 0. The van der Waals surface area contributed by atoms with E-state index in [2.05, 4.69) is 58.4 Å². The van der Waals surface area contributed by atoms with Crippen LogP contribution in [-0.4, -0.2) is 49.6 Å². The molecule has 0 aliphatic heterocycles. The number of benzene rings is 1. The van der Waals surface area contributed by atoms with Gasteiger partial charge in [0.05, 0.1) is 19.7 Å². The number of hydrogen-bond acceptors (Lipinski definition) is 5. The second kappa shape index (κ2) is 12.9. The Bertz CT molecular complexity index is 733. The molecule has 0 fully saturated rings. The van der Waals surface area contributed by atoms with Crippen LogP contribution in [0.5, 0.6) is 5.75 Å². The number of guanidine groups is 1. The number of ether oxygens (including phenoxy) is 1. The number of aromatic nitrogens is 1. The molecule has 0 saturated heterocycles. The second-order valence-electron chi connectivity index (χ2n) is 6.18. The first kappa shape index (κ1) is 24.6. The Kier molecular flexibility index (Phi) is 11.4. The van der Waals surface area contributed by atoms with Gasteiger partial charge in [0.15, 0.2) is 5.96 Å². The summed E-state index contributed by atoms with van der Waals surface area (Å²) in [7, 11) is 3.50. The topological polar surface area (TPSA) is 61.8 Å². The lowest BCUT2D eigenvalue weighted by atomic mass is 10.0. The summed E-state index contributed by atoms with van der Waals surface area (Å²) < 4.78 is 5.41. The SMILES string of the molecule is CCN(CC)C(CNC(=NC)NCc1ncc(C)s1)c1cccc(OC)c1.I. The maximum Gasteiger partial charge on any atom is 0.191 e. The van der Waals surface area contributed by atoms with Gasteiger partial charge in [-0.05, 0) is 37.7 Å². The Morgan fingerprint density at radius 3 is 2.61 bits per heavy atom. The van der Waals surface area contributed by atoms with Gasteiger partial charge in [-0.2, -0.15) is 0 Å². The van der Waals surface area contributed by atoms with Gasteiger partial charge in [-0.3, -0.25) is 9.89 Å². The number of halogens is 1. The predicted octanol–water partition coefficient (Wildman–Crippen LogP) is 3.83. The number of aliphatic imine (C=N–C) groups is 1. The number of nitrogens with zero attached hydrogens (tertiary/aromatic N) is 3. The van der Waals surface area contributed by atoms with Gasteiger partial charge in [-0.1, -0.05) is 26.0 Å². The highest BCUT2D eigenvalue weighted by atomic mass is 127. The van der Waals surface area contributed by atoms with Crippen molar-refractivity contribution in [2.45, 2.75) is 33.4 Å². The molecule has 2 aromatic rings. The molecule has 1 atom stereocenters. The highest BCUT2D eigenvalue weighted by molar-refractivity contribution is 14.0. The average Bonchev–Trinajstić information content (AvgIpc) is 3.12. The van der Waals surface area contributed by atoms with Crippen molar-refractivity contribution >= 4 is 41.3 Å². The van der Waals surface area contributed by atoms with E-state index >= 15 is 0 Å². The molecule has 8 heteroatoms. The number of thiazole rings is 1. The van der Waals surface area contributed by atoms with Crippen LogP contribution in [0.15, 0.2) is 35.5 Å². The number of likely N-dealkylation sites (N-methyl/N-ethyl adjacent to an activating group) is 1. The van der Waals surface area contributed by atoms with E-state index in [-0.39, 0.29) is 30.0 Å². The number of nitrogens with one attached hydrogen (secondary N) is 2. The molecule has 0 radical (unpaired) electrons. The van der Waals surface area contributed by atoms with Gasteiger partial charge in [0, 0.05) is 24.7 Å². The summed E-state index contributed by atoms with van der Waals surface area (Å²) in [6, 6.07) is 8.52. The van der Waals surface area contributed by atoms with Crippen molar-refractivity contribution in [3.05, 3.63) is 45.9 Å². The van der Waals surface area contributed by atoms with E-state index in [9.17, 15) is 0 Å². The third-order valence-corrected chi connectivity index (χ3v) is 5.41. The van der Waals surface area contributed by atoms with Crippen LogP contribution in [0.3, 0.4) is 0 Å². The molecule has 1 heterocycles. The van der Waals surface area contributed by atoms with Crippen molar-refractivity contribution in [3.8, 4) is 5.75 Å². The Morgan fingerprint density at radius 2 is 2.04 bits per heavy atom. The number of methoxy groups -OCH3 is 1. The molecule has 0 saturated carbocycles. The third kappa shape index (κ3) is 7.21. The minimum Gasteiger partial charge on any atom is -0.497 e. The summed E-state index contributed by atoms with van der Waals surface area (Å²) in [6.07, 6.45) is 1.90. The van der Waals surface area contributed by atoms with Gasteiger partial charge in [0.1, 0.15) is 10.8 Å². The molecule has 1 unspecified atom stereocenters. The summed E-state index contributed by atoms with van der Waals surface area (Å²) in [4.78, 5) is 12.4. The lowest BCUT2D eigenvalue weighted by molar-refractivity contribution is 0.218. The molecule has 0 aliphatic rings. The molecule has 6 nitrogen and oxygen atoms in total. The molecule has 1 aromatic heterocycles. The zero-order chi connectivity index (χ0) is 19.6. The largest absolute Gasteiger partial charge is 0.497 e. The molecule has 0 spiro atoms. The molecule has 28 heavy (non-hydrogen) atoms. The molecule has 0 amide bonds. The lowest BCUT2D eigenvalue weighted by Crippen LogP contribution is -2.43. The summed E-state index contributed by atoms with van der Waals surface area (Å²) in [5, 5.41) is 7.87. The van der Waals surface area contributed by atoms with Crippen LogP contribution >= 0.6 is 35.3 Å². The molecule has 2 rings (SSSR count). The summed E-state index contributed by atoms with van der Waals surface area (Å²) >= 11 is 1.70. The smallest absolute Gasteiger partial charge is 0.191 e. The van der Waals surface area contributed by atoms with Gasteiger partial charge >= 0.3 is 0 Å². The second-order valence-corrected chi connectivity index (χ2v) is 7.50. The van der Waals surface area contributed by atoms with Crippen LogP contribution in [0, 0.1) is 6.92 Å². The van der Waals surface area contributed by atoms with Crippen molar-refractivity contribution in [2.24, 2.45) is 4.99 Å². The minimum atomic E-state index is 0. The molecule has 2 N–H and O–H groups in total. The van der Waals surface area contributed by atoms with Crippen molar-refractivity contribution < 1.29 is 4.74 Å². The normalized spacial score (nSPS) is 12.4. The van der Waals surface area contributed by atoms with E-state index < -0.39 is 0 Å². The van der Waals surface area contributed by atoms with Gasteiger partial charge in [-0.25, -0.2) is 4.98 Å². The standard InChI is InChI=1S/C20H31N5OS.HI/c1-6-25(7-2)18(16-9-8-10-17(11-16)26-5)13-23-20(21-4)24-14-19-22-12-15(3)27-19;/h8-12,18H,6-7,13-14H2,1-5H3,(H2,21,23,24);1H. The summed E-state index contributed by atoms with van der Waals surface area (Å²) in [5.41, 5.74) is 1.23. The first-order chi connectivity index (χ1) is 13.1. The maximum atomic E-state index is 5.41. The number of rotatable bonds is 9. The zero-order valence-electron chi connectivity index (χ0n) is 17.4. The quantitative estimate of drug-likeness (QED) is 0.301. The fourth-order valence-corrected chi connectivity index (χ4v) is 3.75. The van der Waals surface area contributed by atoms with Crippen molar-refractivity contribution in [3.63, 3.8) is 0 Å². The fourth-order valence-electron chi connectivity index (χ4n) is 3.03. The van der Waals surface area contributed by atoms with E-state index in [0.717, 1.165) is 36.4 Å². The van der Waals surface area contributed by atoms with Crippen LogP contribution in [-0.2, 0) is 6.54 Å². The van der Waals surface area contributed by atoms with E-state index in [0.29, 0.717) is 6.54 Å².